The highest BCUT2D eigenvalue weighted by atomic mass is 19.1. The summed E-state index contributed by atoms with van der Waals surface area (Å²) in [5, 5.41) is 0. The Balaban J connectivity index is 2.18. The Hall–Kier alpha value is -1.29. The van der Waals surface area contributed by atoms with Crippen molar-refractivity contribution in [3.05, 3.63) is 35.4 Å². The number of carbonyl (C=O) groups excluding carboxylic acids is 1. The van der Waals surface area contributed by atoms with Crippen molar-refractivity contribution in [2.45, 2.75) is 39.4 Å². The Morgan fingerprint density at radius 1 is 1.16 bits per heavy atom. The van der Waals surface area contributed by atoms with Gasteiger partial charge in [0.2, 0.25) is 0 Å². The number of halogens is 2. The van der Waals surface area contributed by atoms with Gasteiger partial charge in [-0.05, 0) is 31.9 Å². The molecule has 0 radical (unpaired) electrons. The molecule has 19 heavy (non-hydrogen) atoms. The van der Waals surface area contributed by atoms with Gasteiger partial charge in [-0.1, -0.05) is 13.0 Å². The second kappa shape index (κ2) is 5.37. The van der Waals surface area contributed by atoms with Crippen LogP contribution in [0.3, 0.4) is 0 Å². The lowest BCUT2D eigenvalue weighted by molar-refractivity contribution is -0.124. The fourth-order valence-corrected chi connectivity index (χ4v) is 2.81. The molecule has 2 rings (SSSR count). The van der Waals surface area contributed by atoms with Gasteiger partial charge < -0.3 is 4.74 Å². The molecule has 4 unspecified atom stereocenters. The predicted octanol–water partition coefficient (Wildman–Crippen LogP) is 3.14. The van der Waals surface area contributed by atoms with Gasteiger partial charge in [-0.15, -0.1) is 0 Å². The number of ether oxygens (including phenoxy) is 1. The van der Waals surface area contributed by atoms with E-state index in [0.717, 1.165) is 0 Å². The Bertz CT molecular complexity index is 467. The van der Waals surface area contributed by atoms with Crippen molar-refractivity contribution in [3.63, 3.8) is 0 Å². The van der Waals surface area contributed by atoms with Crippen molar-refractivity contribution in [2.75, 3.05) is 0 Å². The van der Waals surface area contributed by atoms with E-state index in [4.69, 9.17) is 4.74 Å². The number of carbonyl (C=O) groups is 1. The smallest absolute Gasteiger partial charge is 0.143 e. The van der Waals surface area contributed by atoms with Crippen LogP contribution in [0.4, 0.5) is 8.78 Å². The highest BCUT2D eigenvalue weighted by Crippen LogP contribution is 2.33. The molecular weight excluding hydrogens is 250 g/mol. The van der Waals surface area contributed by atoms with Gasteiger partial charge in [-0.3, -0.25) is 4.79 Å². The third kappa shape index (κ3) is 2.68. The number of hydrogen-bond acceptors (Lipinski definition) is 2. The van der Waals surface area contributed by atoms with E-state index in [1.54, 1.807) is 0 Å². The van der Waals surface area contributed by atoms with Crippen LogP contribution in [0.5, 0.6) is 0 Å². The molecule has 0 amide bonds. The monoisotopic (exact) mass is 268 g/mol. The van der Waals surface area contributed by atoms with Crippen molar-refractivity contribution < 1.29 is 18.3 Å². The molecule has 0 saturated carbocycles. The summed E-state index contributed by atoms with van der Waals surface area (Å²) in [6.07, 6.45) is -0.421. The lowest BCUT2D eigenvalue weighted by Crippen LogP contribution is -2.28. The van der Waals surface area contributed by atoms with Crippen molar-refractivity contribution in [3.8, 4) is 0 Å². The number of benzene rings is 1. The van der Waals surface area contributed by atoms with Crippen LogP contribution in [0.2, 0.25) is 0 Å². The van der Waals surface area contributed by atoms with Crippen LogP contribution < -0.4 is 0 Å². The summed E-state index contributed by atoms with van der Waals surface area (Å²) in [6.45, 7) is 5.69. The zero-order valence-electron chi connectivity index (χ0n) is 11.3. The second-order valence-electron chi connectivity index (χ2n) is 5.27. The van der Waals surface area contributed by atoms with Crippen molar-refractivity contribution in [1.29, 1.82) is 0 Å². The van der Waals surface area contributed by atoms with Crippen LogP contribution in [-0.4, -0.2) is 18.0 Å². The molecule has 104 valence electrons. The molecule has 1 heterocycles. The maximum atomic E-state index is 13.5. The van der Waals surface area contributed by atoms with E-state index >= 15 is 0 Å². The van der Waals surface area contributed by atoms with E-state index in [1.165, 1.54) is 18.2 Å². The quantitative estimate of drug-likeness (QED) is 0.842. The SMILES string of the molecule is CC1OC(C)C(C(=O)Cc2c(F)cccc2F)C1C. The van der Waals surface area contributed by atoms with E-state index in [1.807, 2.05) is 20.8 Å². The summed E-state index contributed by atoms with van der Waals surface area (Å²) >= 11 is 0. The first-order chi connectivity index (χ1) is 8.91. The van der Waals surface area contributed by atoms with Crippen LogP contribution in [-0.2, 0) is 16.0 Å². The van der Waals surface area contributed by atoms with Crippen LogP contribution in [0, 0.1) is 23.5 Å². The van der Waals surface area contributed by atoms with Crippen LogP contribution in [0.1, 0.15) is 26.3 Å². The molecule has 1 saturated heterocycles. The number of rotatable bonds is 3. The van der Waals surface area contributed by atoms with E-state index in [-0.39, 0.29) is 41.8 Å². The van der Waals surface area contributed by atoms with Crippen LogP contribution >= 0.6 is 0 Å². The minimum atomic E-state index is -0.666. The number of hydrogen-bond donors (Lipinski definition) is 0. The topological polar surface area (TPSA) is 26.3 Å². The molecule has 2 nitrogen and oxygen atoms in total. The maximum absolute atomic E-state index is 13.5. The van der Waals surface area contributed by atoms with Gasteiger partial charge in [0.15, 0.2) is 0 Å². The minimum absolute atomic E-state index is 0.00517. The highest BCUT2D eigenvalue weighted by Gasteiger charge is 2.41. The summed E-state index contributed by atoms with van der Waals surface area (Å²) in [6, 6.07) is 3.64. The molecule has 4 heteroatoms. The Kier molecular flexibility index (Phi) is 3.99. The van der Waals surface area contributed by atoms with Crippen molar-refractivity contribution in [2.24, 2.45) is 11.8 Å². The Morgan fingerprint density at radius 2 is 1.74 bits per heavy atom. The summed E-state index contributed by atoms with van der Waals surface area (Å²) in [5.41, 5.74) is -0.147. The van der Waals surface area contributed by atoms with Gasteiger partial charge in [-0.2, -0.15) is 0 Å². The van der Waals surface area contributed by atoms with Gasteiger partial charge >= 0.3 is 0 Å². The first kappa shape index (κ1) is 14.1. The molecule has 1 aliphatic rings. The van der Waals surface area contributed by atoms with Crippen molar-refractivity contribution in [1.82, 2.24) is 0 Å². The summed E-state index contributed by atoms with van der Waals surface area (Å²) in [5.74, 6) is -1.72. The third-order valence-corrected chi connectivity index (χ3v) is 4.03. The zero-order valence-corrected chi connectivity index (χ0v) is 11.3. The molecule has 0 aliphatic carbocycles. The maximum Gasteiger partial charge on any atom is 0.143 e. The molecule has 1 fully saturated rings. The first-order valence-electron chi connectivity index (χ1n) is 6.53. The Labute approximate surface area is 111 Å². The van der Waals surface area contributed by atoms with E-state index in [0.29, 0.717) is 0 Å². The Morgan fingerprint density at radius 3 is 2.21 bits per heavy atom. The molecule has 1 aliphatic heterocycles. The first-order valence-corrected chi connectivity index (χ1v) is 6.53. The van der Waals surface area contributed by atoms with E-state index < -0.39 is 11.6 Å². The summed E-state index contributed by atoms with van der Waals surface area (Å²) < 4.78 is 32.7. The molecule has 0 bridgehead atoms. The van der Waals surface area contributed by atoms with Gasteiger partial charge in [0.05, 0.1) is 12.2 Å². The van der Waals surface area contributed by atoms with Crippen LogP contribution in [0.25, 0.3) is 0 Å². The van der Waals surface area contributed by atoms with E-state index in [2.05, 4.69) is 0 Å². The van der Waals surface area contributed by atoms with Crippen molar-refractivity contribution >= 4 is 5.78 Å². The average Bonchev–Trinajstić information content (AvgIpc) is 2.58. The largest absolute Gasteiger partial charge is 0.375 e. The minimum Gasteiger partial charge on any atom is -0.375 e. The standard InChI is InChI=1S/C15H18F2O2/c1-8-9(2)19-10(3)15(8)14(18)7-11-12(16)5-4-6-13(11)17/h4-6,8-10,15H,7H2,1-3H3. The molecule has 0 N–H and O–H groups in total. The molecule has 1 aromatic carbocycles. The predicted molar refractivity (Wildman–Crippen MR) is 67.7 cm³/mol. The summed E-state index contributed by atoms with van der Waals surface area (Å²) in [4.78, 5) is 12.3. The zero-order chi connectivity index (χ0) is 14.2. The number of Topliss-reactive ketones (excluding diaryl/α,β-unsaturated/α-hetero) is 1. The van der Waals surface area contributed by atoms with E-state index in [9.17, 15) is 13.6 Å². The van der Waals surface area contributed by atoms with Crippen LogP contribution in [0.15, 0.2) is 18.2 Å². The van der Waals surface area contributed by atoms with Gasteiger partial charge in [-0.25, -0.2) is 8.78 Å². The lowest BCUT2D eigenvalue weighted by Gasteiger charge is -2.17. The normalized spacial score (nSPS) is 30.6. The third-order valence-electron chi connectivity index (χ3n) is 4.03. The average molecular weight is 268 g/mol. The molecular formula is C15H18F2O2. The fourth-order valence-electron chi connectivity index (χ4n) is 2.81. The van der Waals surface area contributed by atoms with Gasteiger partial charge in [0, 0.05) is 17.9 Å². The second-order valence-corrected chi connectivity index (χ2v) is 5.27. The highest BCUT2D eigenvalue weighted by molar-refractivity contribution is 5.84. The summed E-state index contributed by atoms with van der Waals surface area (Å²) in [7, 11) is 0. The lowest BCUT2D eigenvalue weighted by atomic mass is 9.84. The fraction of sp³-hybridized carbons (Fsp3) is 0.533. The van der Waals surface area contributed by atoms with Gasteiger partial charge in [0.25, 0.3) is 0 Å². The van der Waals surface area contributed by atoms with Gasteiger partial charge in [0.1, 0.15) is 17.4 Å². The number of ketones is 1. The molecule has 4 atom stereocenters. The molecule has 1 aromatic rings. The molecule has 0 spiro atoms. The molecule has 0 aromatic heterocycles.